The van der Waals surface area contributed by atoms with Crippen LogP contribution in [0.2, 0.25) is 0 Å². The van der Waals surface area contributed by atoms with E-state index in [1.54, 1.807) is 6.07 Å². The van der Waals surface area contributed by atoms with E-state index in [9.17, 15) is 0 Å². The van der Waals surface area contributed by atoms with E-state index in [4.69, 9.17) is 10.5 Å². The summed E-state index contributed by atoms with van der Waals surface area (Å²) in [5.41, 5.74) is 0. The van der Waals surface area contributed by atoms with Gasteiger partial charge in [0.05, 0.1) is 6.07 Å². The molecule has 74 valence electrons. The Bertz CT molecular complexity index is 341. The van der Waals surface area contributed by atoms with Gasteiger partial charge in [-0.3, -0.25) is 0 Å². The molecule has 2 nitrogen and oxygen atoms in total. The molecule has 1 atom stereocenters. The first kappa shape index (κ1) is 12.7. The van der Waals surface area contributed by atoms with Crippen molar-refractivity contribution in [2.24, 2.45) is 0 Å². The topological polar surface area (TPSA) is 47.6 Å². The molecule has 0 fully saturated rings. The first-order chi connectivity index (χ1) is 6.77. The zero-order valence-electron chi connectivity index (χ0n) is 8.74. The average Bonchev–Trinajstić information content (AvgIpc) is 2.69. The minimum absolute atomic E-state index is 0.252. The summed E-state index contributed by atoms with van der Waals surface area (Å²) < 4.78 is 0. The molecule has 0 aromatic carbocycles. The molecule has 0 amide bonds. The van der Waals surface area contributed by atoms with Gasteiger partial charge in [0, 0.05) is 17.2 Å². The lowest BCUT2D eigenvalue weighted by atomic mass is 10.1. The van der Waals surface area contributed by atoms with Crippen LogP contribution in [0, 0.1) is 22.7 Å². The van der Waals surface area contributed by atoms with Crippen molar-refractivity contribution in [1.82, 2.24) is 0 Å². The van der Waals surface area contributed by atoms with Crippen LogP contribution >= 0.6 is 11.3 Å². The van der Waals surface area contributed by atoms with E-state index in [0.717, 1.165) is 9.75 Å². The Morgan fingerprint density at radius 1 is 1.36 bits per heavy atom. The molecule has 0 radical (unpaired) electrons. The summed E-state index contributed by atoms with van der Waals surface area (Å²) in [7, 11) is 0. The second-order valence-corrected chi connectivity index (χ2v) is 3.69. The lowest BCUT2D eigenvalue weighted by molar-refractivity contribution is 0.807. The summed E-state index contributed by atoms with van der Waals surface area (Å²) in [5, 5.41) is 17.0. The van der Waals surface area contributed by atoms with Crippen molar-refractivity contribution in [2.75, 3.05) is 0 Å². The number of nitrogens with zero attached hydrogens (tertiary/aromatic N) is 2. The smallest absolute Gasteiger partial charge is 0.110 e. The Morgan fingerprint density at radius 3 is 2.43 bits per heavy atom. The number of rotatable bonds is 2. The zero-order valence-corrected chi connectivity index (χ0v) is 9.56. The van der Waals surface area contributed by atoms with Crippen molar-refractivity contribution in [1.29, 1.82) is 10.5 Å². The summed E-state index contributed by atoms with van der Waals surface area (Å²) in [6.07, 6.45) is 0.519. The summed E-state index contributed by atoms with van der Waals surface area (Å²) >= 11 is 1.47. The van der Waals surface area contributed by atoms with Gasteiger partial charge in [-0.25, -0.2) is 0 Å². The van der Waals surface area contributed by atoms with Crippen molar-refractivity contribution in [2.45, 2.75) is 33.1 Å². The highest BCUT2D eigenvalue weighted by atomic mass is 32.1. The molecule has 3 heteroatoms. The van der Waals surface area contributed by atoms with Gasteiger partial charge in [0.2, 0.25) is 0 Å². The van der Waals surface area contributed by atoms with Gasteiger partial charge < -0.3 is 0 Å². The van der Waals surface area contributed by atoms with E-state index in [1.807, 2.05) is 26.8 Å². The quantitative estimate of drug-likeness (QED) is 0.741. The SMILES string of the molecule is CC.CC(CC#N)c1ccc(C#N)s1. The van der Waals surface area contributed by atoms with Gasteiger partial charge in [0.25, 0.3) is 0 Å². The van der Waals surface area contributed by atoms with Crippen molar-refractivity contribution < 1.29 is 0 Å². The van der Waals surface area contributed by atoms with Crippen molar-refractivity contribution in [3.05, 3.63) is 21.9 Å². The standard InChI is InChI=1S/C9H8N2S.C2H6/c1-7(4-5-10)9-3-2-8(6-11)12-9;1-2/h2-3,7H,4H2,1H3;1-2H3. The van der Waals surface area contributed by atoms with Crippen molar-refractivity contribution in [3.8, 4) is 12.1 Å². The molecule has 14 heavy (non-hydrogen) atoms. The maximum absolute atomic E-state index is 8.56. The molecule has 0 aliphatic heterocycles. The van der Waals surface area contributed by atoms with Crippen molar-refractivity contribution >= 4 is 11.3 Å². The van der Waals surface area contributed by atoms with Crippen LogP contribution < -0.4 is 0 Å². The maximum Gasteiger partial charge on any atom is 0.110 e. The molecule has 1 aromatic heterocycles. The summed E-state index contributed by atoms with van der Waals surface area (Å²) in [4.78, 5) is 1.84. The van der Waals surface area contributed by atoms with Crippen LogP contribution in [0.5, 0.6) is 0 Å². The van der Waals surface area contributed by atoms with Crippen LogP contribution in [-0.2, 0) is 0 Å². The Morgan fingerprint density at radius 2 is 2.00 bits per heavy atom. The number of nitriles is 2. The van der Waals surface area contributed by atoms with Crippen LogP contribution in [0.25, 0.3) is 0 Å². The maximum atomic E-state index is 8.56. The van der Waals surface area contributed by atoms with Gasteiger partial charge in [-0.05, 0) is 12.1 Å². The molecule has 0 bridgehead atoms. The molecular weight excluding hydrogens is 192 g/mol. The Labute approximate surface area is 89.4 Å². The van der Waals surface area contributed by atoms with Crippen LogP contribution in [-0.4, -0.2) is 0 Å². The molecular formula is C11H14N2S. The second kappa shape index (κ2) is 7.12. The highest BCUT2D eigenvalue weighted by Crippen LogP contribution is 2.25. The highest BCUT2D eigenvalue weighted by molar-refractivity contribution is 7.12. The summed E-state index contributed by atoms with van der Waals surface area (Å²) in [6.45, 7) is 6.00. The minimum Gasteiger partial charge on any atom is -0.198 e. The van der Waals surface area contributed by atoms with Crippen LogP contribution in [0.3, 0.4) is 0 Å². The molecule has 1 unspecified atom stereocenters. The second-order valence-electron chi connectivity index (χ2n) is 2.58. The molecule has 0 spiro atoms. The highest BCUT2D eigenvalue weighted by Gasteiger charge is 2.07. The van der Waals surface area contributed by atoms with Crippen LogP contribution in [0.4, 0.5) is 0 Å². The Hall–Kier alpha value is -1.32. The van der Waals surface area contributed by atoms with Gasteiger partial charge in [-0.15, -0.1) is 11.3 Å². The third-order valence-electron chi connectivity index (χ3n) is 1.62. The molecule has 0 N–H and O–H groups in total. The van der Waals surface area contributed by atoms with Crippen LogP contribution in [0.15, 0.2) is 12.1 Å². The van der Waals surface area contributed by atoms with Crippen LogP contribution in [0.1, 0.15) is 42.9 Å². The molecule has 1 heterocycles. The monoisotopic (exact) mass is 206 g/mol. The first-order valence-electron chi connectivity index (χ1n) is 4.64. The van der Waals surface area contributed by atoms with Gasteiger partial charge in [0.15, 0.2) is 0 Å². The lowest BCUT2D eigenvalue weighted by Gasteiger charge is -2.00. The Balaban J connectivity index is 0.000000791. The van der Waals surface area contributed by atoms with Gasteiger partial charge in [-0.1, -0.05) is 20.8 Å². The number of thiophene rings is 1. The fourth-order valence-electron chi connectivity index (χ4n) is 0.915. The van der Waals surface area contributed by atoms with Gasteiger partial charge in [-0.2, -0.15) is 10.5 Å². The molecule has 1 rings (SSSR count). The van der Waals surface area contributed by atoms with Crippen molar-refractivity contribution in [3.63, 3.8) is 0 Å². The largest absolute Gasteiger partial charge is 0.198 e. The van der Waals surface area contributed by atoms with E-state index >= 15 is 0 Å². The number of hydrogen-bond donors (Lipinski definition) is 0. The van der Waals surface area contributed by atoms with E-state index in [2.05, 4.69) is 12.1 Å². The molecule has 0 saturated carbocycles. The third-order valence-corrected chi connectivity index (χ3v) is 2.84. The fraction of sp³-hybridized carbons (Fsp3) is 0.455. The molecule has 1 aromatic rings. The minimum atomic E-state index is 0.252. The van der Waals surface area contributed by atoms with Gasteiger partial charge in [0.1, 0.15) is 10.9 Å². The zero-order chi connectivity index (χ0) is 11.0. The number of hydrogen-bond acceptors (Lipinski definition) is 3. The van der Waals surface area contributed by atoms with E-state index in [-0.39, 0.29) is 5.92 Å². The van der Waals surface area contributed by atoms with E-state index < -0.39 is 0 Å². The normalized spacial score (nSPS) is 10.4. The predicted octanol–water partition coefficient (Wildman–Crippen LogP) is 3.66. The summed E-state index contributed by atoms with van der Waals surface area (Å²) in [5.74, 6) is 0.252. The molecule has 0 aliphatic rings. The molecule has 0 saturated heterocycles. The lowest BCUT2D eigenvalue weighted by Crippen LogP contribution is -1.85. The third kappa shape index (κ3) is 3.60. The average molecular weight is 206 g/mol. The Kier molecular flexibility index (Phi) is 6.45. The fourth-order valence-corrected chi connectivity index (χ4v) is 1.77. The van der Waals surface area contributed by atoms with Gasteiger partial charge >= 0.3 is 0 Å². The first-order valence-corrected chi connectivity index (χ1v) is 5.46. The van der Waals surface area contributed by atoms with E-state index in [0.29, 0.717) is 6.42 Å². The summed E-state index contributed by atoms with van der Waals surface area (Å²) in [6, 6.07) is 7.92. The molecule has 0 aliphatic carbocycles. The van der Waals surface area contributed by atoms with E-state index in [1.165, 1.54) is 11.3 Å². The predicted molar refractivity (Wildman–Crippen MR) is 59.0 cm³/mol.